The van der Waals surface area contributed by atoms with E-state index in [4.69, 9.17) is 0 Å². The number of amides is 1. The number of anilines is 1. The van der Waals surface area contributed by atoms with Gasteiger partial charge in [-0.25, -0.2) is 0 Å². The largest absolute Gasteiger partial charge is 0.325 e. The van der Waals surface area contributed by atoms with Crippen LogP contribution < -0.4 is 5.32 Å². The van der Waals surface area contributed by atoms with Crippen molar-refractivity contribution in [3.8, 4) is 0 Å². The van der Waals surface area contributed by atoms with Crippen LogP contribution in [0, 0.1) is 6.92 Å². The molecule has 0 bridgehead atoms. The predicted octanol–water partition coefficient (Wildman–Crippen LogP) is 2.50. The molecule has 3 nitrogen and oxygen atoms in total. The summed E-state index contributed by atoms with van der Waals surface area (Å²) in [4.78, 5) is 15.4. The Kier molecular flexibility index (Phi) is 2.37. The van der Waals surface area contributed by atoms with Crippen molar-refractivity contribution in [1.82, 2.24) is 4.98 Å². The standard InChI is InChI=1S/C12H12N2O/c1-8-12(14-9(2)15)7-10-5-3-4-6-11(10)13-8/h3-7H,1-2H3,(H,14,15). The van der Waals surface area contributed by atoms with E-state index in [2.05, 4.69) is 10.3 Å². The van der Waals surface area contributed by atoms with Crippen molar-refractivity contribution < 1.29 is 4.79 Å². The van der Waals surface area contributed by atoms with Crippen molar-refractivity contribution in [3.63, 3.8) is 0 Å². The summed E-state index contributed by atoms with van der Waals surface area (Å²) in [6, 6.07) is 9.79. The van der Waals surface area contributed by atoms with Gasteiger partial charge in [-0.2, -0.15) is 0 Å². The first kappa shape index (κ1) is 9.65. The monoisotopic (exact) mass is 200 g/mol. The first-order valence-corrected chi connectivity index (χ1v) is 4.81. The van der Waals surface area contributed by atoms with E-state index >= 15 is 0 Å². The number of pyridine rings is 1. The zero-order valence-electron chi connectivity index (χ0n) is 8.74. The maximum Gasteiger partial charge on any atom is 0.221 e. The molecular weight excluding hydrogens is 188 g/mol. The minimum absolute atomic E-state index is 0.0739. The van der Waals surface area contributed by atoms with E-state index in [1.807, 2.05) is 37.3 Å². The Balaban J connectivity index is 2.56. The second kappa shape index (κ2) is 3.69. The zero-order chi connectivity index (χ0) is 10.8. The molecule has 0 spiro atoms. The minimum atomic E-state index is -0.0739. The van der Waals surface area contributed by atoms with Crippen LogP contribution >= 0.6 is 0 Å². The molecular formula is C12H12N2O. The molecule has 1 amide bonds. The lowest BCUT2D eigenvalue weighted by Crippen LogP contribution is -2.07. The van der Waals surface area contributed by atoms with E-state index in [9.17, 15) is 4.79 Å². The first-order valence-electron chi connectivity index (χ1n) is 4.81. The van der Waals surface area contributed by atoms with E-state index in [-0.39, 0.29) is 5.91 Å². The first-order chi connectivity index (χ1) is 7.16. The van der Waals surface area contributed by atoms with Gasteiger partial charge in [-0.05, 0) is 19.1 Å². The molecule has 15 heavy (non-hydrogen) atoms. The van der Waals surface area contributed by atoms with Gasteiger partial charge in [0, 0.05) is 12.3 Å². The molecule has 0 fully saturated rings. The molecule has 0 unspecified atom stereocenters. The van der Waals surface area contributed by atoms with Crippen molar-refractivity contribution in [2.45, 2.75) is 13.8 Å². The van der Waals surface area contributed by atoms with Crippen molar-refractivity contribution in [1.29, 1.82) is 0 Å². The Hall–Kier alpha value is -1.90. The molecule has 1 N–H and O–H groups in total. The lowest BCUT2D eigenvalue weighted by Gasteiger charge is -2.07. The van der Waals surface area contributed by atoms with Crippen molar-refractivity contribution in [2.75, 3.05) is 5.32 Å². The Bertz CT molecular complexity index is 520. The lowest BCUT2D eigenvalue weighted by atomic mass is 10.2. The van der Waals surface area contributed by atoms with Crippen LogP contribution in [0.3, 0.4) is 0 Å². The van der Waals surface area contributed by atoms with E-state index in [0.29, 0.717) is 0 Å². The number of hydrogen-bond acceptors (Lipinski definition) is 2. The van der Waals surface area contributed by atoms with Gasteiger partial charge in [-0.15, -0.1) is 0 Å². The van der Waals surface area contributed by atoms with Crippen LogP contribution in [0.25, 0.3) is 10.9 Å². The Morgan fingerprint density at radius 1 is 1.33 bits per heavy atom. The van der Waals surface area contributed by atoms with Crippen LogP contribution in [0.4, 0.5) is 5.69 Å². The van der Waals surface area contributed by atoms with Crippen LogP contribution in [0.1, 0.15) is 12.6 Å². The highest BCUT2D eigenvalue weighted by atomic mass is 16.1. The molecule has 2 aromatic rings. The van der Waals surface area contributed by atoms with Gasteiger partial charge in [-0.3, -0.25) is 9.78 Å². The second-order valence-corrected chi connectivity index (χ2v) is 3.50. The lowest BCUT2D eigenvalue weighted by molar-refractivity contribution is -0.114. The Morgan fingerprint density at radius 2 is 2.07 bits per heavy atom. The fourth-order valence-corrected chi connectivity index (χ4v) is 1.53. The number of aromatic nitrogens is 1. The normalized spacial score (nSPS) is 10.3. The minimum Gasteiger partial charge on any atom is -0.325 e. The number of aryl methyl sites for hydroxylation is 1. The molecule has 3 heteroatoms. The molecule has 0 atom stereocenters. The average molecular weight is 200 g/mol. The smallest absolute Gasteiger partial charge is 0.221 e. The van der Waals surface area contributed by atoms with E-state index in [1.54, 1.807) is 0 Å². The summed E-state index contributed by atoms with van der Waals surface area (Å²) in [5, 5.41) is 3.80. The summed E-state index contributed by atoms with van der Waals surface area (Å²) >= 11 is 0. The van der Waals surface area contributed by atoms with Gasteiger partial charge in [0.25, 0.3) is 0 Å². The molecule has 2 rings (SSSR count). The van der Waals surface area contributed by atoms with E-state index in [1.165, 1.54) is 6.92 Å². The Labute approximate surface area is 88.1 Å². The highest BCUT2D eigenvalue weighted by Crippen LogP contribution is 2.19. The van der Waals surface area contributed by atoms with Gasteiger partial charge < -0.3 is 5.32 Å². The van der Waals surface area contributed by atoms with Gasteiger partial charge >= 0.3 is 0 Å². The summed E-state index contributed by atoms with van der Waals surface area (Å²) in [6.45, 7) is 3.38. The summed E-state index contributed by atoms with van der Waals surface area (Å²) in [5.41, 5.74) is 2.56. The third-order valence-electron chi connectivity index (χ3n) is 2.23. The highest BCUT2D eigenvalue weighted by Gasteiger charge is 2.03. The predicted molar refractivity (Wildman–Crippen MR) is 60.8 cm³/mol. The van der Waals surface area contributed by atoms with E-state index < -0.39 is 0 Å². The average Bonchev–Trinajstić information content (AvgIpc) is 2.18. The third kappa shape index (κ3) is 1.96. The number of nitrogens with zero attached hydrogens (tertiary/aromatic N) is 1. The van der Waals surface area contributed by atoms with Gasteiger partial charge in [0.2, 0.25) is 5.91 Å². The molecule has 0 radical (unpaired) electrons. The van der Waals surface area contributed by atoms with Crippen LogP contribution in [-0.2, 0) is 4.79 Å². The summed E-state index contributed by atoms with van der Waals surface area (Å²) in [7, 11) is 0. The molecule has 1 heterocycles. The van der Waals surface area contributed by atoms with Crippen LogP contribution in [0.2, 0.25) is 0 Å². The van der Waals surface area contributed by atoms with E-state index in [0.717, 1.165) is 22.3 Å². The van der Waals surface area contributed by atoms with Gasteiger partial charge in [0.15, 0.2) is 0 Å². The number of fused-ring (bicyclic) bond motifs is 1. The second-order valence-electron chi connectivity index (χ2n) is 3.50. The number of nitrogens with one attached hydrogen (secondary N) is 1. The van der Waals surface area contributed by atoms with Crippen molar-refractivity contribution in [3.05, 3.63) is 36.0 Å². The SMILES string of the molecule is CC(=O)Nc1cc2ccccc2nc1C. The van der Waals surface area contributed by atoms with Crippen molar-refractivity contribution in [2.24, 2.45) is 0 Å². The number of rotatable bonds is 1. The quantitative estimate of drug-likeness (QED) is 0.768. The maximum absolute atomic E-state index is 11.0. The number of hydrogen-bond donors (Lipinski definition) is 1. The number of para-hydroxylation sites is 1. The van der Waals surface area contributed by atoms with Crippen LogP contribution in [-0.4, -0.2) is 10.9 Å². The summed E-state index contributed by atoms with van der Waals surface area (Å²) < 4.78 is 0. The molecule has 0 saturated heterocycles. The number of carbonyl (C=O) groups is 1. The fraction of sp³-hybridized carbons (Fsp3) is 0.167. The van der Waals surface area contributed by atoms with Crippen LogP contribution in [0.15, 0.2) is 30.3 Å². The molecule has 0 aliphatic heterocycles. The molecule has 0 aliphatic carbocycles. The summed E-state index contributed by atoms with van der Waals surface area (Å²) in [6.07, 6.45) is 0. The molecule has 76 valence electrons. The Morgan fingerprint density at radius 3 is 2.80 bits per heavy atom. The topological polar surface area (TPSA) is 42.0 Å². The molecule has 1 aromatic carbocycles. The third-order valence-corrected chi connectivity index (χ3v) is 2.23. The van der Waals surface area contributed by atoms with Gasteiger partial charge in [0.05, 0.1) is 16.9 Å². The molecule has 0 aliphatic rings. The number of carbonyl (C=O) groups excluding carboxylic acids is 1. The number of benzene rings is 1. The van der Waals surface area contributed by atoms with Crippen LogP contribution in [0.5, 0.6) is 0 Å². The van der Waals surface area contributed by atoms with Gasteiger partial charge in [-0.1, -0.05) is 18.2 Å². The summed E-state index contributed by atoms with van der Waals surface area (Å²) in [5.74, 6) is -0.0739. The molecule has 1 aromatic heterocycles. The zero-order valence-corrected chi connectivity index (χ0v) is 8.74. The van der Waals surface area contributed by atoms with Gasteiger partial charge in [0.1, 0.15) is 0 Å². The highest BCUT2D eigenvalue weighted by molar-refractivity contribution is 5.92. The fourth-order valence-electron chi connectivity index (χ4n) is 1.53. The molecule has 0 saturated carbocycles. The van der Waals surface area contributed by atoms with Crippen molar-refractivity contribution >= 4 is 22.5 Å². The maximum atomic E-state index is 11.0.